The maximum Gasteiger partial charge on any atom is 0.389 e. The van der Waals surface area contributed by atoms with Gasteiger partial charge in [0.2, 0.25) is 0 Å². The average molecular weight is 273 g/mol. The fourth-order valence-electron chi connectivity index (χ4n) is 1.58. The molecule has 18 heavy (non-hydrogen) atoms. The molecule has 0 saturated heterocycles. The molecule has 0 radical (unpaired) electrons. The Morgan fingerprint density at radius 2 is 2.00 bits per heavy atom. The van der Waals surface area contributed by atoms with Gasteiger partial charge in [-0.15, -0.1) is 11.3 Å². The van der Waals surface area contributed by atoms with E-state index in [1.165, 1.54) is 11.3 Å². The molecular weight excluding hydrogens is 263 g/mol. The minimum atomic E-state index is -4.32. The lowest BCUT2D eigenvalue weighted by Gasteiger charge is -2.23. The van der Waals surface area contributed by atoms with Crippen LogP contribution in [-0.2, 0) is 6.42 Å². The number of alkyl halides is 3. The number of halogens is 3. The number of aromatic nitrogens is 1. The van der Waals surface area contributed by atoms with Gasteiger partial charge in [0.1, 0.15) is 0 Å². The van der Waals surface area contributed by atoms with Crippen molar-refractivity contribution in [2.45, 2.75) is 31.9 Å². The molecule has 0 aromatic carbocycles. The van der Waals surface area contributed by atoms with Crippen molar-refractivity contribution in [3.63, 3.8) is 0 Å². The summed E-state index contributed by atoms with van der Waals surface area (Å²) in [7, 11) is 0. The number of thiazole rings is 1. The molecule has 0 fully saturated rings. The van der Waals surface area contributed by atoms with Gasteiger partial charge in [0.15, 0.2) is 0 Å². The quantitative estimate of drug-likeness (QED) is 0.825. The van der Waals surface area contributed by atoms with Crippen LogP contribution in [0.1, 0.15) is 25.0 Å². The van der Waals surface area contributed by atoms with Gasteiger partial charge in [0.05, 0.1) is 35.2 Å². The second-order valence-electron chi connectivity index (χ2n) is 4.00. The monoisotopic (exact) mass is 273 g/mol. The SMILES string of the molecule is N#CCC(C#N)(CCC(F)(F)F)Cc1cscn1. The molecule has 0 aliphatic carbocycles. The highest BCUT2D eigenvalue weighted by Gasteiger charge is 2.37. The van der Waals surface area contributed by atoms with E-state index in [1.807, 2.05) is 6.07 Å². The topological polar surface area (TPSA) is 60.5 Å². The highest BCUT2D eigenvalue weighted by Crippen LogP contribution is 2.35. The van der Waals surface area contributed by atoms with Crippen molar-refractivity contribution in [1.82, 2.24) is 4.98 Å². The fraction of sp³-hybridized carbons (Fsp3) is 0.545. The molecule has 1 atom stereocenters. The van der Waals surface area contributed by atoms with E-state index in [1.54, 1.807) is 17.0 Å². The third-order valence-corrected chi connectivity index (χ3v) is 3.18. The van der Waals surface area contributed by atoms with Crippen molar-refractivity contribution in [2.24, 2.45) is 5.41 Å². The van der Waals surface area contributed by atoms with Gasteiger partial charge in [-0.25, -0.2) is 4.98 Å². The Balaban J connectivity index is 2.82. The van der Waals surface area contributed by atoms with Gasteiger partial charge in [0.25, 0.3) is 0 Å². The average Bonchev–Trinajstić information content (AvgIpc) is 2.78. The molecule has 0 bridgehead atoms. The summed E-state index contributed by atoms with van der Waals surface area (Å²) in [5.74, 6) is 0. The highest BCUT2D eigenvalue weighted by atomic mass is 32.1. The Labute approximate surface area is 106 Å². The van der Waals surface area contributed by atoms with E-state index in [0.29, 0.717) is 5.69 Å². The van der Waals surface area contributed by atoms with Crippen molar-refractivity contribution < 1.29 is 13.2 Å². The summed E-state index contributed by atoms with van der Waals surface area (Å²) in [6, 6.07) is 3.66. The van der Waals surface area contributed by atoms with Crippen molar-refractivity contribution in [3.05, 3.63) is 16.6 Å². The summed E-state index contributed by atoms with van der Waals surface area (Å²) in [6.07, 6.45) is -5.90. The van der Waals surface area contributed by atoms with Gasteiger partial charge in [-0.1, -0.05) is 0 Å². The minimum absolute atomic E-state index is 0.0800. The van der Waals surface area contributed by atoms with E-state index >= 15 is 0 Å². The zero-order valence-electron chi connectivity index (χ0n) is 9.37. The van der Waals surface area contributed by atoms with E-state index in [2.05, 4.69) is 4.98 Å². The molecule has 0 aliphatic rings. The van der Waals surface area contributed by atoms with Gasteiger partial charge < -0.3 is 0 Å². The molecule has 0 spiro atoms. The largest absolute Gasteiger partial charge is 0.389 e. The van der Waals surface area contributed by atoms with Crippen LogP contribution >= 0.6 is 11.3 Å². The molecule has 1 rings (SSSR count). The standard InChI is InChI=1S/C11H10F3N3S/c12-11(13,14)2-1-10(7-16,3-4-15)5-9-6-18-8-17-9/h6,8H,1-3,5H2. The summed E-state index contributed by atoms with van der Waals surface area (Å²) in [5, 5.41) is 19.5. The molecule has 96 valence electrons. The highest BCUT2D eigenvalue weighted by molar-refractivity contribution is 7.07. The lowest BCUT2D eigenvalue weighted by atomic mass is 9.78. The van der Waals surface area contributed by atoms with E-state index in [-0.39, 0.29) is 19.3 Å². The normalized spacial score (nSPS) is 14.5. The summed E-state index contributed by atoms with van der Waals surface area (Å²) in [6.45, 7) is 0. The molecule has 1 heterocycles. The lowest BCUT2D eigenvalue weighted by molar-refractivity contribution is -0.139. The first kappa shape index (κ1) is 14.5. The van der Waals surface area contributed by atoms with Gasteiger partial charge in [0, 0.05) is 18.2 Å². The summed E-state index contributed by atoms with van der Waals surface area (Å²) in [5.41, 5.74) is 0.797. The molecule has 0 saturated carbocycles. The number of nitriles is 2. The molecular formula is C11H10F3N3S. The molecule has 0 amide bonds. The molecule has 0 N–H and O–H groups in total. The van der Waals surface area contributed by atoms with Crippen molar-refractivity contribution in [3.8, 4) is 12.1 Å². The Bertz CT molecular complexity index is 455. The zero-order valence-corrected chi connectivity index (χ0v) is 10.2. The molecule has 1 unspecified atom stereocenters. The van der Waals surface area contributed by atoms with Gasteiger partial charge in [-0.2, -0.15) is 23.7 Å². The third-order valence-electron chi connectivity index (χ3n) is 2.54. The number of hydrogen-bond acceptors (Lipinski definition) is 4. The maximum atomic E-state index is 12.2. The molecule has 3 nitrogen and oxygen atoms in total. The van der Waals surface area contributed by atoms with Crippen LogP contribution in [0.25, 0.3) is 0 Å². The van der Waals surface area contributed by atoms with Crippen LogP contribution in [0.5, 0.6) is 0 Å². The summed E-state index contributed by atoms with van der Waals surface area (Å²) < 4.78 is 36.7. The first-order valence-corrected chi connectivity index (χ1v) is 6.07. The molecule has 1 aromatic heterocycles. The second-order valence-corrected chi connectivity index (χ2v) is 4.72. The van der Waals surface area contributed by atoms with Crippen LogP contribution in [0.3, 0.4) is 0 Å². The van der Waals surface area contributed by atoms with E-state index in [9.17, 15) is 13.2 Å². The lowest BCUT2D eigenvalue weighted by Crippen LogP contribution is -2.24. The van der Waals surface area contributed by atoms with E-state index in [0.717, 1.165) is 0 Å². The van der Waals surface area contributed by atoms with Crippen LogP contribution in [0.4, 0.5) is 13.2 Å². The summed E-state index contributed by atoms with van der Waals surface area (Å²) in [4.78, 5) is 3.95. The van der Waals surface area contributed by atoms with Crippen molar-refractivity contribution in [1.29, 1.82) is 10.5 Å². The van der Waals surface area contributed by atoms with Crippen molar-refractivity contribution in [2.75, 3.05) is 0 Å². The van der Waals surface area contributed by atoms with Gasteiger partial charge in [-0.3, -0.25) is 0 Å². The first-order chi connectivity index (χ1) is 8.41. The zero-order chi connectivity index (χ0) is 13.6. The van der Waals surface area contributed by atoms with Crippen LogP contribution in [0.2, 0.25) is 0 Å². The Hall–Kier alpha value is -1.60. The maximum absolute atomic E-state index is 12.2. The second kappa shape index (κ2) is 5.83. The predicted molar refractivity (Wildman–Crippen MR) is 59.4 cm³/mol. The number of rotatable bonds is 5. The van der Waals surface area contributed by atoms with Crippen LogP contribution in [0, 0.1) is 28.1 Å². The Morgan fingerprint density at radius 3 is 2.44 bits per heavy atom. The van der Waals surface area contributed by atoms with E-state index < -0.39 is 18.0 Å². The first-order valence-electron chi connectivity index (χ1n) is 5.13. The Kier molecular flexibility index (Phi) is 4.69. The molecule has 0 aliphatic heterocycles. The molecule has 7 heteroatoms. The smallest absolute Gasteiger partial charge is 0.250 e. The van der Waals surface area contributed by atoms with Gasteiger partial charge >= 0.3 is 6.18 Å². The minimum Gasteiger partial charge on any atom is -0.250 e. The summed E-state index contributed by atoms with van der Waals surface area (Å²) >= 11 is 1.31. The van der Waals surface area contributed by atoms with Crippen LogP contribution in [0.15, 0.2) is 10.9 Å². The third kappa shape index (κ3) is 4.34. The van der Waals surface area contributed by atoms with E-state index in [4.69, 9.17) is 10.5 Å². The van der Waals surface area contributed by atoms with Crippen LogP contribution < -0.4 is 0 Å². The molecule has 1 aromatic rings. The fourth-order valence-corrected chi connectivity index (χ4v) is 2.14. The Morgan fingerprint density at radius 1 is 1.28 bits per heavy atom. The van der Waals surface area contributed by atoms with Crippen LogP contribution in [-0.4, -0.2) is 11.2 Å². The van der Waals surface area contributed by atoms with Crippen molar-refractivity contribution >= 4 is 11.3 Å². The number of hydrogen-bond donors (Lipinski definition) is 0. The van der Waals surface area contributed by atoms with Gasteiger partial charge in [-0.05, 0) is 6.42 Å². The number of nitrogens with zero attached hydrogens (tertiary/aromatic N) is 3. The predicted octanol–water partition coefficient (Wildman–Crippen LogP) is 3.45.